The van der Waals surface area contributed by atoms with E-state index in [1.54, 1.807) is 0 Å². The Hall–Kier alpha value is -0.550. The van der Waals surface area contributed by atoms with Gasteiger partial charge in [-0.25, -0.2) is 0 Å². The summed E-state index contributed by atoms with van der Waals surface area (Å²) < 4.78 is 2.50. The molecule has 4 nitrogen and oxygen atoms in total. The molecule has 0 radical (unpaired) electrons. The summed E-state index contributed by atoms with van der Waals surface area (Å²) >= 11 is 2.03. The van der Waals surface area contributed by atoms with Gasteiger partial charge in [-0.1, -0.05) is 0 Å². The quantitative estimate of drug-likeness (QED) is 0.808. The molecule has 0 unspecified atom stereocenters. The van der Waals surface area contributed by atoms with E-state index in [4.69, 9.17) is 0 Å². The van der Waals surface area contributed by atoms with Gasteiger partial charge in [0.05, 0.1) is 6.54 Å². The number of aromatic nitrogens is 3. The van der Waals surface area contributed by atoms with E-state index in [-0.39, 0.29) is 0 Å². The second-order valence-corrected chi connectivity index (χ2v) is 8.23. The molecule has 3 aliphatic rings. The van der Waals surface area contributed by atoms with E-state index in [1.807, 2.05) is 11.8 Å². The van der Waals surface area contributed by atoms with E-state index < -0.39 is 0 Å². The van der Waals surface area contributed by atoms with Crippen LogP contribution in [0.5, 0.6) is 0 Å². The van der Waals surface area contributed by atoms with Crippen LogP contribution in [0.25, 0.3) is 0 Å². The molecule has 0 N–H and O–H groups in total. The number of hydrogen-bond acceptors (Lipinski definition) is 4. The first-order valence-corrected chi connectivity index (χ1v) is 9.71. The van der Waals surface area contributed by atoms with Crippen LogP contribution in [-0.2, 0) is 6.54 Å². The summed E-state index contributed by atoms with van der Waals surface area (Å²) in [6, 6.07) is 1.44. The number of hydrogen-bond donors (Lipinski definition) is 0. The first-order chi connectivity index (χ1) is 10.3. The van der Waals surface area contributed by atoms with Crippen molar-refractivity contribution in [2.45, 2.75) is 74.7 Å². The molecule has 0 aromatic carbocycles. The second kappa shape index (κ2) is 5.58. The van der Waals surface area contributed by atoms with Gasteiger partial charge in [-0.05, 0) is 58.2 Å². The lowest BCUT2D eigenvalue weighted by molar-refractivity contribution is 0.228. The molecule has 0 bridgehead atoms. The minimum absolute atomic E-state index is 0.710. The molecule has 116 valence electrons. The van der Waals surface area contributed by atoms with Gasteiger partial charge < -0.3 is 4.57 Å². The molecule has 5 heteroatoms. The Labute approximate surface area is 131 Å². The van der Waals surface area contributed by atoms with Crippen molar-refractivity contribution < 1.29 is 0 Å². The predicted octanol–water partition coefficient (Wildman–Crippen LogP) is 3.21. The lowest BCUT2D eigenvalue weighted by atomic mass is 10.2. The Bertz CT molecular complexity index is 506. The first-order valence-electron chi connectivity index (χ1n) is 8.43. The fraction of sp³-hybridized carbons (Fsp3) is 0.875. The molecule has 4 rings (SSSR count). The third kappa shape index (κ3) is 2.87. The Balaban J connectivity index is 1.46. The average molecular weight is 306 g/mol. The molecule has 3 aliphatic carbocycles. The largest absolute Gasteiger partial charge is 0.311 e. The van der Waals surface area contributed by atoms with Crippen LogP contribution in [0.1, 0.15) is 68.6 Å². The average Bonchev–Trinajstić information content (AvgIpc) is 3.42. The summed E-state index contributed by atoms with van der Waals surface area (Å²) in [5, 5.41) is 9.95. The first kappa shape index (κ1) is 14.1. The Morgan fingerprint density at radius 2 is 1.95 bits per heavy atom. The SMILES string of the molecule is CS[C@H]1CC[C@@H](N(C)Cc2nnc(C3CC3)n2C2CC2)C1. The number of thioether (sulfide) groups is 1. The van der Waals surface area contributed by atoms with Crippen LogP contribution in [0.3, 0.4) is 0 Å². The smallest absolute Gasteiger partial charge is 0.147 e. The van der Waals surface area contributed by atoms with E-state index in [0.717, 1.165) is 17.8 Å². The monoisotopic (exact) mass is 306 g/mol. The van der Waals surface area contributed by atoms with Gasteiger partial charge in [0.1, 0.15) is 11.6 Å². The zero-order valence-electron chi connectivity index (χ0n) is 13.2. The van der Waals surface area contributed by atoms with Crippen LogP contribution in [0.2, 0.25) is 0 Å². The highest BCUT2D eigenvalue weighted by molar-refractivity contribution is 7.99. The molecule has 3 saturated carbocycles. The van der Waals surface area contributed by atoms with Crippen LogP contribution >= 0.6 is 11.8 Å². The zero-order chi connectivity index (χ0) is 14.4. The van der Waals surface area contributed by atoms with Crippen molar-refractivity contribution in [3.8, 4) is 0 Å². The molecule has 3 fully saturated rings. The molecule has 0 saturated heterocycles. The zero-order valence-corrected chi connectivity index (χ0v) is 14.0. The number of rotatable bonds is 6. The molecule has 1 heterocycles. The Morgan fingerprint density at radius 3 is 2.57 bits per heavy atom. The fourth-order valence-electron chi connectivity index (χ4n) is 3.68. The minimum atomic E-state index is 0.710. The van der Waals surface area contributed by atoms with Gasteiger partial charge in [0.25, 0.3) is 0 Å². The minimum Gasteiger partial charge on any atom is -0.311 e. The van der Waals surface area contributed by atoms with Crippen molar-refractivity contribution >= 4 is 11.8 Å². The third-order valence-corrected chi connectivity index (χ3v) is 6.45. The molecule has 0 amide bonds. The van der Waals surface area contributed by atoms with Crippen LogP contribution in [0.15, 0.2) is 0 Å². The lowest BCUT2D eigenvalue weighted by Crippen LogP contribution is -2.30. The molecular weight excluding hydrogens is 280 g/mol. The van der Waals surface area contributed by atoms with Gasteiger partial charge in [-0.3, -0.25) is 4.90 Å². The van der Waals surface area contributed by atoms with Crippen LogP contribution < -0.4 is 0 Å². The van der Waals surface area contributed by atoms with Gasteiger partial charge in [0, 0.05) is 23.3 Å². The van der Waals surface area contributed by atoms with E-state index in [9.17, 15) is 0 Å². The summed E-state index contributed by atoms with van der Waals surface area (Å²) in [6.07, 6.45) is 11.6. The maximum absolute atomic E-state index is 4.56. The van der Waals surface area contributed by atoms with Crippen LogP contribution in [-0.4, -0.2) is 44.3 Å². The molecule has 1 aromatic heterocycles. The normalized spacial score (nSPS) is 29.5. The summed E-state index contributed by atoms with van der Waals surface area (Å²) in [6.45, 7) is 0.974. The molecule has 0 aliphatic heterocycles. The lowest BCUT2D eigenvalue weighted by Gasteiger charge is -2.24. The third-order valence-electron chi connectivity index (χ3n) is 5.35. The van der Waals surface area contributed by atoms with Gasteiger partial charge in [0.2, 0.25) is 0 Å². The molecule has 0 spiro atoms. The summed E-state index contributed by atoms with van der Waals surface area (Å²) in [5.74, 6) is 3.22. The fourth-order valence-corrected chi connectivity index (χ4v) is 4.47. The van der Waals surface area contributed by atoms with Gasteiger partial charge >= 0.3 is 0 Å². The van der Waals surface area contributed by atoms with Crippen molar-refractivity contribution in [3.05, 3.63) is 11.6 Å². The molecule has 21 heavy (non-hydrogen) atoms. The van der Waals surface area contributed by atoms with E-state index in [1.165, 1.54) is 56.6 Å². The van der Waals surface area contributed by atoms with Crippen molar-refractivity contribution in [1.82, 2.24) is 19.7 Å². The molecular formula is C16H26N4S. The Morgan fingerprint density at radius 1 is 1.14 bits per heavy atom. The van der Waals surface area contributed by atoms with E-state index >= 15 is 0 Å². The van der Waals surface area contributed by atoms with Crippen LogP contribution in [0.4, 0.5) is 0 Å². The van der Waals surface area contributed by atoms with Crippen molar-refractivity contribution in [2.24, 2.45) is 0 Å². The molecule has 1 aromatic rings. The summed E-state index contributed by atoms with van der Waals surface area (Å²) in [7, 11) is 2.27. The maximum Gasteiger partial charge on any atom is 0.147 e. The van der Waals surface area contributed by atoms with Crippen molar-refractivity contribution in [2.75, 3.05) is 13.3 Å². The maximum atomic E-state index is 4.56. The topological polar surface area (TPSA) is 34.0 Å². The summed E-state index contributed by atoms with van der Waals surface area (Å²) in [4.78, 5) is 2.52. The van der Waals surface area contributed by atoms with Gasteiger partial charge in [-0.2, -0.15) is 11.8 Å². The van der Waals surface area contributed by atoms with E-state index in [2.05, 4.69) is 33.0 Å². The highest BCUT2D eigenvalue weighted by atomic mass is 32.2. The second-order valence-electron chi connectivity index (χ2n) is 7.09. The number of nitrogens with zero attached hydrogens (tertiary/aromatic N) is 4. The highest BCUT2D eigenvalue weighted by Gasteiger charge is 2.37. The molecule has 2 atom stereocenters. The van der Waals surface area contributed by atoms with E-state index in [0.29, 0.717) is 12.0 Å². The summed E-state index contributed by atoms with van der Waals surface area (Å²) in [5.41, 5.74) is 0. The highest BCUT2D eigenvalue weighted by Crippen LogP contribution is 2.45. The van der Waals surface area contributed by atoms with Gasteiger partial charge in [-0.15, -0.1) is 10.2 Å². The Kier molecular flexibility index (Phi) is 3.74. The van der Waals surface area contributed by atoms with Gasteiger partial charge in [0.15, 0.2) is 0 Å². The van der Waals surface area contributed by atoms with Crippen molar-refractivity contribution in [1.29, 1.82) is 0 Å². The van der Waals surface area contributed by atoms with Crippen molar-refractivity contribution in [3.63, 3.8) is 0 Å². The predicted molar refractivity (Wildman–Crippen MR) is 86.7 cm³/mol. The standard InChI is InChI=1S/C16H26N4S/c1-19(13-7-8-14(9-13)21-2)10-15-17-18-16(11-3-4-11)20(15)12-5-6-12/h11-14H,3-10H2,1-2H3/t13-,14+/m1/s1. The van der Waals surface area contributed by atoms with Crippen LogP contribution in [0, 0.1) is 0 Å².